The number of nitrogens with zero attached hydrogens (tertiary/aromatic N) is 1. The molecule has 156 valence electrons. The Morgan fingerprint density at radius 1 is 1.10 bits per heavy atom. The molecule has 3 rings (SSSR count). The molecule has 0 saturated heterocycles. The lowest BCUT2D eigenvalue weighted by Crippen LogP contribution is -2.19. The van der Waals surface area contributed by atoms with Crippen molar-refractivity contribution in [3.8, 4) is 11.4 Å². The lowest BCUT2D eigenvalue weighted by molar-refractivity contribution is 0.0503. The molecule has 0 aliphatic carbocycles. The number of aryl methyl sites for hydroxylation is 1. The predicted molar refractivity (Wildman–Crippen MR) is 117 cm³/mol. The van der Waals surface area contributed by atoms with Crippen LogP contribution in [0.4, 0.5) is 0 Å². The number of carbonyl (C=O) groups is 1. The first-order valence-electron chi connectivity index (χ1n) is 9.89. The molecule has 0 spiro atoms. The Bertz CT molecular complexity index is 1060. The van der Waals surface area contributed by atoms with Crippen molar-refractivity contribution in [1.82, 2.24) is 9.97 Å². The third-order valence-corrected chi connectivity index (χ3v) is 5.17. The van der Waals surface area contributed by atoms with Crippen LogP contribution in [0.25, 0.3) is 11.4 Å². The van der Waals surface area contributed by atoms with E-state index in [2.05, 4.69) is 16.7 Å². The molecule has 3 N–H and O–H groups in total. The summed E-state index contributed by atoms with van der Waals surface area (Å²) in [5, 5.41) is 0.628. The molecule has 6 nitrogen and oxygen atoms in total. The number of hydrogen-bond donors (Lipinski definition) is 2. The summed E-state index contributed by atoms with van der Waals surface area (Å²) >= 11 is 5.97. The largest absolute Gasteiger partial charge is 0.370 e. The SMILES string of the molecule is CCCCCc1nc(-c2ccc(Cl)cc2)[nH]c(=O)c1Cc1ccc(C(=O)ON)cc1. The number of rotatable bonds is 8. The van der Waals surface area contributed by atoms with Crippen LogP contribution in [0, 0.1) is 0 Å². The maximum absolute atomic E-state index is 12.9. The summed E-state index contributed by atoms with van der Waals surface area (Å²) in [5.41, 5.74) is 3.33. The number of halogens is 1. The second-order valence-corrected chi connectivity index (χ2v) is 7.52. The Morgan fingerprint density at radius 3 is 2.43 bits per heavy atom. The van der Waals surface area contributed by atoms with E-state index in [0.717, 1.165) is 42.5 Å². The highest BCUT2D eigenvalue weighted by Gasteiger charge is 2.14. The zero-order valence-electron chi connectivity index (χ0n) is 16.8. The average Bonchev–Trinajstić information content (AvgIpc) is 2.76. The van der Waals surface area contributed by atoms with E-state index in [0.29, 0.717) is 28.4 Å². The van der Waals surface area contributed by atoms with Crippen LogP contribution in [0.15, 0.2) is 53.3 Å². The molecule has 2 aromatic carbocycles. The van der Waals surface area contributed by atoms with Crippen molar-refractivity contribution in [3.63, 3.8) is 0 Å². The second kappa shape index (κ2) is 10.2. The minimum Gasteiger partial charge on any atom is -0.370 e. The van der Waals surface area contributed by atoms with E-state index in [1.807, 2.05) is 12.1 Å². The fraction of sp³-hybridized carbons (Fsp3) is 0.261. The maximum Gasteiger partial charge on any atom is 0.356 e. The Kier molecular flexibility index (Phi) is 7.38. The molecule has 0 atom stereocenters. The summed E-state index contributed by atoms with van der Waals surface area (Å²) in [4.78, 5) is 36.4. The molecule has 1 heterocycles. The van der Waals surface area contributed by atoms with Crippen molar-refractivity contribution in [2.75, 3.05) is 0 Å². The van der Waals surface area contributed by atoms with Gasteiger partial charge in [0, 0.05) is 22.6 Å². The Balaban J connectivity index is 1.94. The summed E-state index contributed by atoms with van der Waals surface area (Å²) in [7, 11) is 0. The lowest BCUT2D eigenvalue weighted by atomic mass is 10.00. The molecule has 0 aliphatic heterocycles. The van der Waals surface area contributed by atoms with Crippen LogP contribution in [-0.2, 0) is 17.7 Å². The van der Waals surface area contributed by atoms with E-state index >= 15 is 0 Å². The van der Waals surface area contributed by atoms with E-state index in [4.69, 9.17) is 22.5 Å². The van der Waals surface area contributed by atoms with E-state index in [-0.39, 0.29) is 5.56 Å². The quantitative estimate of drug-likeness (QED) is 0.410. The fourth-order valence-electron chi connectivity index (χ4n) is 3.25. The predicted octanol–water partition coefficient (Wildman–Crippen LogP) is 4.44. The van der Waals surface area contributed by atoms with Gasteiger partial charge >= 0.3 is 5.97 Å². The first-order valence-corrected chi connectivity index (χ1v) is 10.3. The van der Waals surface area contributed by atoms with Gasteiger partial charge in [-0.2, -0.15) is 5.90 Å². The van der Waals surface area contributed by atoms with Crippen LogP contribution in [0.5, 0.6) is 0 Å². The summed E-state index contributed by atoms with van der Waals surface area (Å²) in [6.45, 7) is 2.14. The molecular formula is C23H24ClN3O3. The van der Waals surface area contributed by atoms with Crippen LogP contribution >= 0.6 is 11.6 Å². The summed E-state index contributed by atoms with van der Waals surface area (Å²) in [5.74, 6) is 4.86. The Hall–Kier alpha value is -2.96. The molecule has 0 radical (unpaired) electrons. The van der Waals surface area contributed by atoms with Gasteiger partial charge in [-0.1, -0.05) is 43.5 Å². The van der Waals surface area contributed by atoms with Gasteiger partial charge in [-0.3, -0.25) is 4.79 Å². The third kappa shape index (κ3) is 5.34. The number of carbonyl (C=O) groups excluding carboxylic acids is 1. The number of unbranched alkanes of at least 4 members (excludes halogenated alkanes) is 2. The van der Waals surface area contributed by atoms with Gasteiger partial charge in [0.05, 0.1) is 11.3 Å². The van der Waals surface area contributed by atoms with Gasteiger partial charge in [0.2, 0.25) is 0 Å². The van der Waals surface area contributed by atoms with E-state index in [9.17, 15) is 9.59 Å². The highest BCUT2D eigenvalue weighted by atomic mass is 35.5. The standard InChI is InChI=1S/C23H24ClN3O3/c1-2-3-4-5-20-19(14-15-6-8-17(9-7-15)23(29)30-25)22(28)27-21(26-20)16-10-12-18(24)13-11-16/h6-13H,2-5,14,25H2,1H3,(H,26,27,28). The Labute approximate surface area is 180 Å². The van der Waals surface area contributed by atoms with Crippen molar-refractivity contribution in [2.24, 2.45) is 5.90 Å². The minimum atomic E-state index is -0.603. The lowest BCUT2D eigenvalue weighted by Gasteiger charge is -2.11. The van der Waals surface area contributed by atoms with Crippen LogP contribution in [-0.4, -0.2) is 15.9 Å². The number of nitrogens with two attached hydrogens (primary N) is 1. The third-order valence-electron chi connectivity index (χ3n) is 4.91. The number of aromatic amines is 1. The summed E-state index contributed by atoms with van der Waals surface area (Å²) in [6.07, 6.45) is 4.26. The smallest absolute Gasteiger partial charge is 0.356 e. The monoisotopic (exact) mass is 425 g/mol. The van der Waals surface area contributed by atoms with Crippen molar-refractivity contribution in [2.45, 2.75) is 39.0 Å². The van der Waals surface area contributed by atoms with Crippen molar-refractivity contribution in [3.05, 3.63) is 86.3 Å². The Morgan fingerprint density at radius 2 is 1.80 bits per heavy atom. The van der Waals surface area contributed by atoms with Gasteiger partial charge in [-0.25, -0.2) is 9.78 Å². The van der Waals surface area contributed by atoms with Gasteiger partial charge in [-0.15, -0.1) is 0 Å². The molecule has 0 amide bonds. The van der Waals surface area contributed by atoms with E-state index < -0.39 is 5.97 Å². The van der Waals surface area contributed by atoms with Crippen LogP contribution in [0.2, 0.25) is 5.02 Å². The number of aromatic nitrogens is 2. The molecule has 3 aromatic rings. The van der Waals surface area contributed by atoms with Gasteiger partial charge in [0.15, 0.2) is 0 Å². The van der Waals surface area contributed by atoms with Gasteiger partial charge in [0.1, 0.15) is 5.82 Å². The molecule has 30 heavy (non-hydrogen) atoms. The maximum atomic E-state index is 12.9. The van der Waals surface area contributed by atoms with Crippen LogP contribution in [0.1, 0.15) is 53.4 Å². The number of hydrogen-bond acceptors (Lipinski definition) is 5. The number of H-pyrrole nitrogens is 1. The van der Waals surface area contributed by atoms with Gasteiger partial charge in [0.25, 0.3) is 5.56 Å². The molecule has 0 saturated carbocycles. The molecule has 0 bridgehead atoms. The van der Waals surface area contributed by atoms with Crippen molar-refractivity contribution < 1.29 is 9.63 Å². The van der Waals surface area contributed by atoms with E-state index in [1.54, 1.807) is 36.4 Å². The zero-order valence-corrected chi connectivity index (χ0v) is 17.5. The molecule has 1 aromatic heterocycles. The van der Waals surface area contributed by atoms with Crippen molar-refractivity contribution in [1.29, 1.82) is 0 Å². The number of nitrogens with one attached hydrogen (secondary N) is 1. The second-order valence-electron chi connectivity index (χ2n) is 7.08. The fourth-order valence-corrected chi connectivity index (χ4v) is 3.38. The first kappa shape index (κ1) is 21.7. The summed E-state index contributed by atoms with van der Waals surface area (Å²) in [6, 6.07) is 14.1. The molecule has 0 aliphatic rings. The van der Waals surface area contributed by atoms with E-state index in [1.165, 1.54) is 0 Å². The highest BCUT2D eigenvalue weighted by Crippen LogP contribution is 2.20. The molecule has 7 heteroatoms. The number of benzene rings is 2. The minimum absolute atomic E-state index is 0.160. The molecule has 0 unspecified atom stereocenters. The highest BCUT2D eigenvalue weighted by molar-refractivity contribution is 6.30. The average molecular weight is 426 g/mol. The first-order chi connectivity index (χ1) is 14.5. The molecule has 0 fully saturated rings. The van der Waals surface area contributed by atoms with Crippen LogP contribution in [0.3, 0.4) is 0 Å². The topological polar surface area (TPSA) is 98.1 Å². The molecular weight excluding hydrogens is 402 g/mol. The summed E-state index contributed by atoms with van der Waals surface area (Å²) < 4.78 is 0. The normalized spacial score (nSPS) is 10.8. The van der Waals surface area contributed by atoms with Gasteiger partial charge in [-0.05, 0) is 54.8 Å². The van der Waals surface area contributed by atoms with Crippen LogP contribution < -0.4 is 11.5 Å². The van der Waals surface area contributed by atoms with Gasteiger partial charge < -0.3 is 9.82 Å². The van der Waals surface area contributed by atoms with Crippen molar-refractivity contribution >= 4 is 17.6 Å². The zero-order chi connectivity index (χ0) is 21.5.